The molecule has 1 fully saturated rings. The van der Waals surface area contributed by atoms with E-state index in [9.17, 15) is 4.39 Å². The Labute approximate surface area is 147 Å². The van der Waals surface area contributed by atoms with E-state index in [1.807, 2.05) is 25.3 Å². The molecule has 0 radical (unpaired) electrons. The molecule has 0 spiro atoms. The summed E-state index contributed by atoms with van der Waals surface area (Å²) < 4.78 is 15.8. The highest BCUT2D eigenvalue weighted by Crippen LogP contribution is 2.30. The molecule has 0 bridgehead atoms. The normalized spacial score (nSPS) is 15.0. The summed E-state index contributed by atoms with van der Waals surface area (Å²) in [5, 5.41) is 0. The lowest BCUT2D eigenvalue weighted by atomic mass is 9.98. The zero-order chi connectivity index (χ0) is 17.6. The predicted molar refractivity (Wildman–Crippen MR) is 98.5 cm³/mol. The highest BCUT2D eigenvalue weighted by Gasteiger charge is 2.29. The molecule has 0 amide bonds. The van der Waals surface area contributed by atoms with Gasteiger partial charge in [0.25, 0.3) is 0 Å². The second kappa shape index (κ2) is 6.14. The summed E-state index contributed by atoms with van der Waals surface area (Å²) in [6.07, 6.45) is 3.06. The minimum absolute atomic E-state index is 0.162. The first kappa shape index (κ1) is 16.1. The van der Waals surface area contributed by atoms with Crippen LogP contribution >= 0.6 is 0 Å². The largest absolute Gasteiger partial charge is 0.341 e. The van der Waals surface area contributed by atoms with Gasteiger partial charge in [0.1, 0.15) is 5.82 Å². The van der Waals surface area contributed by atoms with Crippen LogP contribution in [0.25, 0.3) is 11.2 Å². The highest BCUT2D eigenvalue weighted by molar-refractivity contribution is 5.76. The first-order valence-corrected chi connectivity index (χ1v) is 8.88. The lowest BCUT2D eigenvalue weighted by molar-refractivity contribution is 0.389. The van der Waals surface area contributed by atoms with Crippen molar-refractivity contribution in [3.05, 3.63) is 53.0 Å². The van der Waals surface area contributed by atoms with Crippen LogP contribution in [0.2, 0.25) is 0 Å². The SMILES string of the molecule is CCC1CN(c2nc3ncc(C)cc3n2Cc2ccc(F)c(C)c2)C1. The van der Waals surface area contributed by atoms with Crippen LogP contribution in [0.1, 0.15) is 30.0 Å². The van der Waals surface area contributed by atoms with Gasteiger partial charge >= 0.3 is 0 Å². The van der Waals surface area contributed by atoms with Gasteiger partial charge in [0, 0.05) is 19.3 Å². The van der Waals surface area contributed by atoms with Gasteiger partial charge in [-0.05, 0) is 55.0 Å². The molecule has 1 saturated heterocycles. The molecule has 1 aromatic carbocycles. The Morgan fingerprint density at radius 1 is 1.20 bits per heavy atom. The summed E-state index contributed by atoms with van der Waals surface area (Å²) in [5.41, 5.74) is 4.68. The van der Waals surface area contributed by atoms with Crippen molar-refractivity contribution >= 4 is 17.1 Å². The van der Waals surface area contributed by atoms with Crippen LogP contribution in [-0.2, 0) is 6.54 Å². The van der Waals surface area contributed by atoms with E-state index in [0.717, 1.165) is 47.2 Å². The Bertz CT molecular complexity index is 925. The minimum Gasteiger partial charge on any atom is -0.341 e. The number of pyridine rings is 1. The van der Waals surface area contributed by atoms with Crippen LogP contribution < -0.4 is 4.90 Å². The number of aromatic nitrogens is 3. The second-order valence-electron chi connectivity index (χ2n) is 7.12. The molecule has 0 unspecified atom stereocenters. The van der Waals surface area contributed by atoms with Gasteiger partial charge in [-0.1, -0.05) is 19.1 Å². The lowest BCUT2D eigenvalue weighted by Gasteiger charge is -2.39. The molecule has 3 heterocycles. The van der Waals surface area contributed by atoms with Gasteiger partial charge in [-0.3, -0.25) is 0 Å². The summed E-state index contributed by atoms with van der Waals surface area (Å²) in [4.78, 5) is 11.6. The van der Waals surface area contributed by atoms with Crippen molar-refractivity contribution in [3.8, 4) is 0 Å². The Morgan fingerprint density at radius 3 is 2.72 bits per heavy atom. The summed E-state index contributed by atoms with van der Waals surface area (Å²) in [7, 11) is 0. The third-order valence-electron chi connectivity index (χ3n) is 5.10. The molecule has 0 saturated carbocycles. The smallest absolute Gasteiger partial charge is 0.208 e. The second-order valence-corrected chi connectivity index (χ2v) is 7.12. The van der Waals surface area contributed by atoms with Crippen LogP contribution in [0.5, 0.6) is 0 Å². The van der Waals surface area contributed by atoms with Gasteiger partial charge in [-0.15, -0.1) is 0 Å². The molecule has 130 valence electrons. The van der Waals surface area contributed by atoms with Gasteiger partial charge in [-0.25, -0.2) is 9.37 Å². The van der Waals surface area contributed by atoms with Crippen molar-refractivity contribution in [2.45, 2.75) is 33.7 Å². The fourth-order valence-electron chi connectivity index (χ4n) is 3.47. The van der Waals surface area contributed by atoms with Crippen molar-refractivity contribution < 1.29 is 4.39 Å². The summed E-state index contributed by atoms with van der Waals surface area (Å²) in [5.74, 6) is 1.56. The minimum atomic E-state index is -0.162. The van der Waals surface area contributed by atoms with Crippen LogP contribution in [0.3, 0.4) is 0 Å². The predicted octanol–water partition coefficient (Wildman–Crippen LogP) is 4.08. The van der Waals surface area contributed by atoms with E-state index in [2.05, 4.69) is 27.4 Å². The van der Waals surface area contributed by atoms with Gasteiger partial charge < -0.3 is 9.47 Å². The number of rotatable bonds is 4. The summed E-state index contributed by atoms with van der Waals surface area (Å²) in [6.45, 7) is 8.84. The first-order valence-electron chi connectivity index (χ1n) is 8.88. The average Bonchev–Trinajstić information content (AvgIpc) is 2.88. The fourth-order valence-corrected chi connectivity index (χ4v) is 3.47. The number of aryl methyl sites for hydroxylation is 2. The molecule has 5 heteroatoms. The lowest BCUT2D eigenvalue weighted by Crippen LogP contribution is -2.47. The van der Waals surface area contributed by atoms with E-state index < -0.39 is 0 Å². The number of halogens is 1. The summed E-state index contributed by atoms with van der Waals surface area (Å²) in [6, 6.07) is 7.45. The number of benzene rings is 1. The molecular formula is C20H23FN4. The fraction of sp³-hybridized carbons (Fsp3) is 0.400. The zero-order valence-corrected chi connectivity index (χ0v) is 15.0. The van der Waals surface area contributed by atoms with Gasteiger partial charge in [0.05, 0.1) is 12.1 Å². The first-order chi connectivity index (χ1) is 12.0. The van der Waals surface area contributed by atoms with E-state index in [4.69, 9.17) is 4.98 Å². The quantitative estimate of drug-likeness (QED) is 0.719. The van der Waals surface area contributed by atoms with E-state index in [-0.39, 0.29) is 5.82 Å². The number of fused-ring (bicyclic) bond motifs is 1. The topological polar surface area (TPSA) is 34.0 Å². The van der Waals surface area contributed by atoms with E-state index in [1.54, 1.807) is 13.0 Å². The molecular weight excluding hydrogens is 315 g/mol. The van der Waals surface area contributed by atoms with E-state index in [0.29, 0.717) is 12.1 Å². The van der Waals surface area contributed by atoms with Crippen molar-refractivity contribution in [2.24, 2.45) is 5.92 Å². The zero-order valence-electron chi connectivity index (χ0n) is 15.0. The highest BCUT2D eigenvalue weighted by atomic mass is 19.1. The molecule has 4 rings (SSSR count). The van der Waals surface area contributed by atoms with Crippen molar-refractivity contribution in [3.63, 3.8) is 0 Å². The molecule has 0 N–H and O–H groups in total. The molecule has 0 atom stereocenters. The van der Waals surface area contributed by atoms with Crippen molar-refractivity contribution in [2.75, 3.05) is 18.0 Å². The Balaban J connectivity index is 1.76. The summed E-state index contributed by atoms with van der Waals surface area (Å²) >= 11 is 0. The van der Waals surface area contributed by atoms with E-state index >= 15 is 0 Å². The van der Waals surface area contributed by atoms with Crippen molar-refractivity contribution in [1.29, 1.82) is 0 Å². The molecule has 4 nitrogen and oxygen atoms in total. The number of nitrogens with zero attached hydrogens (tertiary/aromatic N) is 4. The number of hydrogen-bond acceptors (Lipinski definition) is 3. The van der Waals surface area contributed by atoms with Crippen LogP contribution in [0.15, 0.2) is 30.5 Å². The van der Waals surface area contributed by atoms with Crippen LogP contribution in [-0.4, -0.2) is 27.6 Å². The van der Waals surface area contributed by atoms with Crippen molar-refractivity contribution in [1.82, 2.24) is 14.5 Å². The van der Waals surface area contributed by atoms with Crippen LogP contribution in [0.4, 0.5) is 10.3 Å². The van der Waals surface area contributed by atoms with Gasteiger partial charge in [0.2, 0.25) is 5.95 Å². The monoisotopic (exact) mass is 338 g/mol. The third-order valence-corrected chi connectivity index (χ3v) is 5.10. The molecule has 0 aliphatic carbocycles. The number of anilines is 1. The maximum atomic E-state index is 13.6. The number of hydrogen-bond donors (Lipinski definition) is 0. The maximum absolute atomic E-state index is 13.6. The molecule has 25 heavy (non-hydrogen) atoms. The van der Waals surface area contributed by atoms with E-state index in [1.165, 1.54) is 6.42 Å². The Kier molecular flexibility index (Phi) is 3.94. The van der Waals surface area contributed by atoms with Gasteiger partial charge in [-0.2, -0.15) is 4.98 Å². The molecule has 2 aromatic heterocycles. The van der Waals surface area contributed by atoms with Crippen LogP contribution in [0, 0.1) is 25.6 Å². The Hall–Kier alpha value is -2.43. The maximum Gasteiger partial charge on any atom is 0.208 e. The molecule has 1 aliphatic heterocycles. The Morgan fingerprint density at radius 2 is 2.00 bits per heavy atom. The van der Waals surface area contributed by atoms with Gasteiger partial charge in [0.15, 0.2) is 5.65 Å². The third kappa shape index (κ3) is 2.88. The molecule has 3 aromatic rings. The standard InChI is InChI=1S/C20H23FN4/c1-4-15-10-24(11-15)20-23-19-18(7-13(2)9-22-19)25(20)12-16-5-6-17(21)14(3)8-16/h5-9,15H,4,10-12H2,1-3H3. The number of imidazole rings is 1. The average molecular weight is 338 g/mol. The molecule has 1 aliphatic rings.